The van der Waals surface area contributed by atoms with Crippen LogP contribution < -0.4 is 0 Å². The molecule has 2 heterocycles. The highest BCUT2D eigenvalue weighted by molar-refractivity contribution is 5.68. The quantitative estimate of drug-likeness (QED) is 0.345. The van der Waals surface area contributed by atoms with Gasteiger partial charge in [0.25, 0.3) is 0 Å². The summed E-state index contributed by atoms with van der Waals surface area (Å²) in [5.74, 6) is 0.812. The lowest BCUT2D eigenvalue weighted by molar-refractivity contribution is 0.0418. The molecule has 3 rings (SSSR count). The van der Waals surface area contributed by atoms with Crippen molar-refractivity contribution in [3.63, 3.8) is 0 Å². The van der Waals surface area contributed by atoms with Crippen LogP contribution in [-0.2, 0) is 0 Å². The summed E-state index contributed by atoms with van der Waals surface area (Å²) in [5.41, 5.74) is 9.82. The van der Waals surface area contributed by atoms with Crippen molar-refractivity contribution in [2.45, 2.75) is 110 Å². The molecule has 1 aromatic carbocycles. The molecule has 3 aromatic rings. The molecule has 0 aliphatic carbocycles. The van der Waals surface area contributed by atoms with E-state index < -0.39 is 0 Å². The lowest BCUT2D eigenvalue weighted by atomic mass is 9.60. The first-order chi connectivity index (χ1) is 17.3. The number of benzene rings is 1. The van der Waals surface area contributed by atoms with E-state index in [1.54, 1.807) is 0 Å². The molecular weight excluding hydrogens is 448 g/mol. The van der Waals surface area contributed by atoms with Gasteiger partial charge in [-0.2, -0.15) is 0 Å². The normalized spacial score (nSPS) is 11.6. The Morgan fingerprint density at radius 2 is 1.14 bits per heavy atom. The van der Waals surface area contributed by atoms with Gasteiger partial charge in [-0.3, -0.25) is 9.97 Å². The minimum Gasteiger partial charge on any atom is -0.264 e. The van der Waals surface area contributed by atoms with Crippen LogP contribution in [0.5, 0.6) is 0 Å². The molecule has 1 atom stereocenters. The SMILES string of the molecule is CC.CCC(C)C(C)(C)C(C)(C)CC.Cc1ccc(C)c(C)c1.Cc1ccncc1-c1cnccc1C. The second-order valence-electron chi connectivity index (χ2n) is 11.2. The van der Waals surface area contributed by atoms with E-state index in [1.165, 1.54) is 40.7 Å². The van der Waals surface area contributed by atoms with E-state index in [0.717, 1.165) is 17.0 Å². The molecule has 0 radical (unpaired) electrons. The molecule has 0 aliphatic rings. The molecule has 2 nitrogen and oxygen atoms in total. The zero-order valence-corrected chi connectivity index (χ0v) is 26.6. The van der Waals surface area contributed by atoms with Crippen molar-refractivity contribution >= 4 is 0 Å². The Morgan fingerprint density at radius 3 is 1.46 bits per heavy atom. The van der Waals surface area contributed by atoms with Gasteiger partial charge in [0.2, 0.25) is 0 Å². The van der Waals surface area contributed by atoms with Crippen LogP contribution in [0.15, 0.2) is 55.1 Å². The van der Waals surface area contributed by atoms with E-state index in [0.29, 0.717) is 10.8 Å². The van der Waals surface area contributed by atoms with E-state index in [4.69, 9.17) is 0 Å². The Labute approximate surface area is 230 Å². The largest absolute Gasteiger partial charge is 0.264 e. The van der Waals surface area contributed by atoms with Crippen molar-refractivity contribution in [1.82, 2.24) is 9.97 Å². The maximum absolute atomic E-state index is 4.14. The van der Waals surface area contributed by atoms with Gasteiger partial charge in [0.05, 0.1) is 0 Å². The van der Waals surface area contributed by atoms with Gasteiger partial charge in [-0.15, -0.1) is 0 Å². The van der Waals surface area contributed by atoms with E-state index in [1.807, 2.05) is 50.8 Å². The Morgan fingerprint density at radius 1 is 0.676 bits per heavy atom. The van der Waals surface area contributed by atoms with Crippen LogP contribution in [0.3, 0.4) is 0 Å². The number of aromatic nitrogens is 2. The van der Waals surface area contributed by atoms with Crippen LogP contribution in [0, 0.1) is 51.4 Å². The van der Waals surface area contributed by atoms with Crippen LogP contribution in [-0.4, -0.2) is 9.97 Å². The van der Waals surface area contributed by atoms with Crippen molar-refractivity contribution in [2.24, 2.45) is 16.7 Å². The molecule has 0 bridgehead atoms. The number of aryl methyl sites for hydroxylation is 5. The van der Waals surface area contributed by atoms with E-state index in [9.17, 15) is 0 Å². The summed E-state index contributed by atoms with van der Waals surface area (Å²) >= 11 is 0. The lowest BCUT2D eigenvalue weighted by Gasteiger charge is -2.45. The molecule has 0 N–H and O–H groups in total. The van der Waals surface area contributed by atoms with Gasteiger partial charge in [0.15, 0.2) is 0 Å². The predicted molar refractivity (Wildman–Crippen MR) is 166 cm³/mol. The van der Waals surface area contributed by atoms with Gasteiger partial charge in [-0.25, -0.2) is 0 Å². The molecule has 2 aromatic heterocycles. The third-order valence-electron chi connectivity index (χ3n) is 8.50. The molecule has 0 saturated heterocycles. The average molecular weight is 505 g/mol. The van der Waals surface area contributed by atoms with Crippen LogP contribution in [0.25, 0.3) is 11.1 Å². The fourth-order valence-corrected chi connectivity index (χ4v) is 4.02. The third kappa shape index (κ3) is 10.4. The molecule has 37 heavy (non-hydrogen) atoms. The summed E-state index contributed by atoms with van der Waals surface area (Å²) in [6, 6.07) is 10.5. The summed E-state index contributed by atoms with van der Waals surface area (Å²) in [6.07, 6.45) is 9.95. The number of pyridine rings is 2. The van der Waals surface area contributed by atoms with Gasteiger partial charge in [-0.05, 0) is 85.8 Å². The van der Waals surface area contributed by atoms with Gasteiger partial charge < -0.3 is 0 Å². The van der Waals surface area contributed by atoms with Crippen LogP contribution >= 0.6 is 0 Å². The second kappa shape index (κ2) is 16.4. The average Bonchev–Trinajstić information content (AvgIpc) is 2.88. The first kappa shape index (κ1) is 34.5. The Kier molecular flexibility index (Phi) is 15.3. The molecule has 1 unspecified atom stereocenters. The summed E-state index contributed by atoms with van der Waals surface area (Å²) < 4.78 is 0. The second-order valence-corrected chi connectivity index (χ2v) is 11.2. The van der Waals surface area contributed by atoms with Gasteiger partial charge >= 0.3 is 0 Å². The standard InChI is InChI=1S/C12H12N2.C12H26.C9H12.C2H6/c1-9-3-5-13-7-11(9)12-8-14-6-4-10(12)2;1-8-10(3)12(6,7)11(4,5)9-2;1-7-4-5-8(2)9(3)6-7;1-2/h3-8H,1-2H3;10H,8-9H2,1-7H3;4-6H,1-3H3;1-2H3. The van der Waals surface area contributed by atoms with Crippen molar-refractivity contribution in [1.29, 1.82) is 0 Å². The first-order valence-corrected chi connectivity index (χ1v) is 14.1. The van der Waals surface area contributed by atoms with Crippen LogP contribution in [0.4, 0.5) is 0 Å². The maximum Gasteiger partial charge on any atom is 0.0349 e. The Hall–Kier alpha value is -2.48. The minimum atomic E-state index is 0.455. The molecule has 0 saturated carbocycles. The molecule has 0 fully saturated rings. The fraction of sp³-hybridized carbons (Fsp3) is 0.543. The number of rotatable bonds is 5. The van der Waals surface area contributed by atoms with E-state index in [-0.39, 0.29) is 0 Å². The van der Waals surface area contributed by atoms with Gasteiger partial charge in [0, 0.05) is 35.9 Å². The van der Waals surface area contributed by atoms with Gasteiger partial charge in [-0.1, -0.05) is 98.9 Å². The topological polar surface area (TPSA) is 25.8 Å². The van der Waals surface area contributed by atoms with Crippen molar-refractivity contribution < 1.29 is 0 Å². The molecule has 0 spiro atoms. The highest BCUT2D eigenvalue weighted by atomic mass is 14.6. The highest BCUT2D eigenvalue weighted by Crippen LogP contribution is 2.47. The molecule has 206 valence electrons. The Bertz CT molecular complexity index is 1000. The van der Waals surface area contributed by atoms with Gasteiger partial charge in [0.1, 0.15) is 0 Å². The zero-order chi connectivity index (χ0) is 28.8. The van der Waals surface area contributed by atoms with E-state index >= 15 is 0 Å². The summed E-state index contributed by atoms with van der Waals surface area (Å²) in [5, 5.41) is 0. The number of nitrogens with zero attached hydrogens (tertiary/aromatic N) is 2. The molecule has 0 aliphatic heterocycles. The predicted octanol–water partition coefficient (Wildman–Crippen LogP) is 10.9. The highest BCUT2D eigenvalue weighted by Gasteiger charge is 2.38. The van der Waals surface area contributed by atoms with Crippen molar-refractivity contribution in [2.75, 3.05) is 0 Å². The third-order valence-corrected chi connectivity index (χ3v) is 8.50. The van der Waals surface area contributed by atoms with Crippen molar-refractivity contribution in [3.05, 3.63) is 82.9 Å². The Balaban J connectivity index is 0.000000519. The minimum absolute atomic E-state index is 0.455. The molecular formula is C35H56N2. The monoisotopic (exact) mass is 504 g/mol. The lowest BCUT2D eigenvalue weighted by Crippen LogP contribution is -2.37. The first-order valence-electron chi connectivity index (χ1n) is 14.1. The molecule has 0 amide bonds. The number of hydrogen-bond acceptors (Lipinski definition) is 2. The maximum atomic E-state index is 4.14. The summed E-state index contributed by atoms with van der Waals surface area (Å²) in [7, 11) is 0. The smallest absolute Gasteiger partial charge is 0.0349 e. The van der Waals surface area contributed by atoms with Crippen molar-refractivity contribution in [3.8, 4) is 11.1 Å². The molecule has 2 heteroatoms. The van der Waals surface area contributed by atoms with Crippen LogP contribution in [0.1, 0.15) is 103 Å². The number of hydrogen-bond donors (Lipinski definition) is 0. The fourth-order valence-electron chi connectivity index (χ4n) is 4.02. The summed E-state index contributed by atoms with van der Waals surface area (Å²) in [6.45, 7) is 31.1. The van der Waals surface area contributed by atoms with E-state index in [2.05, 4.69) is 111 Å². The summed E-state index contributed by atoms with van der Waals surface area (Å²) in [4.78, 5) is 8.27. The van der Waals surface area contributed by atoms with Crippen LogP contribution in [0.2, 0.25) is 0 Å². The zero-order valence-electron chi connectivity index (χ0n) is 26.6.